The van der Waals surface area contributed by atoms with Crippen molar-refractivity contribution < 1.29 is 14.3 Å². The van der Waals surface area contributed by atoms with Crippen LogP contribution in [0, 0.1) is 6.92 Å². The number of rotatable bonds is 5. The molecule has 0 fully saturated rings. The van der Waals surface area contributed by atoms with Gasteiger partial charge in [-0.25, -0.2) is 4.68 Å². The van der Waals surface area contributed by atoms with Gasteiger partial charge in [0.25, 0.3) is 5.56 Å². The molecular weight excluding hydrogens is 344 g/mol. The van der Waals surface area contributed by atoms with Crippen LogP contribution in [0.5, 0.6) is 11.5 Å². The van der Waals surface area contributed by atoms with Gasteiger partial charge in [0, 0.05) is 18.1 Å². The van der Waals surface area contributed by atoms with Gasteiger partial charge in [-0.15, -0.1) is 0 Å². The second-order valence-electron chi connectivity index (χ2n) is 6.48. The summed E-state index contributed by atoms with van der Waals surface area (Å²) in [5.74, 6) is 1.20. The molecular formula is C21H18N2O4. The minimum atomic E-state index is -0.301. The second-order valence-corrected chi connectivity index (χ2v) is 6.48. The Morgan fingerprint density at radius 3 is 2.63 bits per heavy atom. The maximum Gasteiger partial charge on any atom is 0.267 e. The van der Waals surface area contributed by atoms with E-state index in [1.807, 2.05) is 37.3 Å². The third-order valence-corrected chi connectivity index (χ3v) is 4.38. The highest BCUT2D eigenvalue weighted by molar-refractivity contribution is 5.80. The largest absolute Gasteiger partial charge is 0.454 e. The van der Waals surface area contributed by atoms with Crippen LogP contribution < -0.4 is 15.0 Å². The Balaban J connectivity index is 1.51. The van der Waals surface area contributed by atoms with Crippen molar-refractivity contribution in [3.63, 3.8) is 0 Å². The molecule has 6 heteroatoms. The molecule has 0 saturated carbocycles. The predicted octanol–water partition coefficient (Wildman–Crippen LogP) is 2.76. The van der Waals surface area contributed by atoms with Crippen LogP contribution in [0.15, 0.2) is 59.4 Å². The van der Waals surface area contributed by atoms with Gasteiger partial charge < -0.3 is 9.47 Å². The summed E-state index contributed by atoms with van der Waals surface area (Å²) in [6, 6.07) is 16.4. The van der Waals surface area contributed by atoms with Gasteiger partial charge in [-0.05, 0) is 30.7 Å². The highest BCUT2D eigenvalue weighted by Crippen LogP contribution is 2.32. The molecule has 0 N–H and O–H groups in total. The van der Waals surface area contributed by atoms with Crippen molar-refractivity contribution in [2.24, 2.45) is 0 Å². The van der Waals surface area contributed by atoms with Crippen molar-refractivity contribution >= 4 is 5.78 Å². The maximum atomic E-state index is 12.5. The van der Waals surface area contributed by atoms with Crippen LogP contribution >= 0.6 is 0 Å². The Kier molecular flexibility index (Phi) is 4.46. The molecule has 0 unspecified atom stereocenters. The summed E-state index contributed by atoms with van der Waals surface area (Å²) in [6.07, 6.45) is 0.194. The first-order valence-electron chi connectivity index (χ1n) is 8.64. The number of aryl methyl sites for hydroxylation is 1. The fourth-order valence-corrected chi connectivity index (χ4v) is 2.94. The van der Waals surface area contributed by atoms with Crippen LogP contribution in [0.3, 0.4) is 0 Å². The van der Waals surface area contributed by atoms with E-state index in [4.69, 9.17) is 9.47 Å². The molecule has 2 aromatic carbocycles. The number of hydrogen-bond donors (Lipinski definition) is 0. The summed E-state index contributed by atoms with van der Waals surface area (Å²) in [4.78, 5) is 24.6. The van der Waals surface area contributed by atoms with E-state index in [1.165, 1.54) is 10.7 Å². The summed E-state index contributed by atoms with van der Waals surface area (Å²) in [7, 11) is 0. The van der Waals surface area contributed by atoms with Gasteiger partial charge in [0.1, 0.15) is 6.54 Å². The van der Waals surface area contributed by atoms with E-state index in [-0.39, 0.29) is 31.1 Å². The van der Waals surface area contributed by atoms with Gasteiger partial charge in [-0.3, -0.25) is 9.59 Å². The van der Waals surface area contributed by atoms with E-state index >= 15 is 0 Å². The molecule has 1 aliphatic heterocycles. The molecule has 6 nitrogen and oxygen atoms in total. The third-order valence-electron chi connectivity index (χ3n) is 4.38. The molecule has 136 valence electrons. The molecule has 0 aliphatic carbocycles. The van der Waals surface area contributed by atoms with Crippen molar-refractivity contribution in [1.29, 1.82) is 0 Å². The Morgan fingerprint density at radius 2 is 1.81 bits per heavy atom. The Hall–Kier alpha value is -3.41. The van der Waals surface area contributed by atoms with Crippen LogP contribution in [0.4, 0.5) is 0 Å². The number of fused-ring (bicyclic) bond motifs is 1. The Labute approximate surface area is 156 Å². The fraction of sp³-hybridized carbons (Fsp3) is 0.190. The molecule has 0 spiro atoms. The van der Waals surface area contributed by atoms with Gasteiger partial charge in [0.2, 0.25) is 6.79 Å². The first-order valence-corrected chi connectivity index (χ1v) is 8.64. The first-order chi connectivity index (χ1) is 13.1. The second kappa shape index (κ2) is 7.07. The minimum Gasteiger partial charge on any atom is -0.454 e. The number of benzene rings is 2. The van der Waals surface area contributed by atoms with Crippen molar-refractivity contribution in [3.05, 3.63) is 76.1 Å². The van der Waals surface area contributed by atoms with Crippen LogP contribution in [0.2, 0.25) is 0 Å². The number of carbonyl (C=O) groups excluding carboxylic acids is 1. The maximum absolute atomic E-state index is 12.5. The molecule has 4 rings (SSSR count). The summed E-state index contributed by atoms with van der Waals surface area (Å²) < 4.78 is 11.8. The normalized spacial score (nSPS) is 12.2. The quantitative estimate of drug-likeness (QED) is 0.698. The molecule has 3 aromatic rings. The summed E-state index contributed by atoms with van der Waals surface area (Å²) >= 11 is 0. The number of Topliss-reactive ketones (excluding diaryl/α,β-unsaturated/α-hetero) is 1. The lowest BCUT2D eigenvalue weighted by molar-refractivity contribution is -0.119. The van der Waals surface area contributed by atoms with E-state index in [9.17, 15) is 9.59 Å². The minimum absolute atomic E-state index is 0.0764. The fourth-order valence-electron chi connectivity index (χ4n) is 2.94. The molecule has 0 amide bonds. The zero-order valence-electron chi connectivity index (χ0n) is 14.8. The zero-order valence-corrected chi connectivity index (χ0v) is 14.8. The zero-order chi connectivity index (χ0) is 18.8. The van der Waals surface area contributed by atoms with Gasteiger partial charge >= 0.3 is 0 Å². The smallest absolute Gasteiger partial charge is 0.267 e. The lowest BCUT2D eigenvalue weighted by Gasteiger charge is -2.08. The average molecular weight is 362 g/mol. The van der Waals surface area contributed by atoms with E-state index in [2.05, 4.69) is 5.10 Å². The number of hydrogen-bond acceptors (Lipinski definition) is 5. The van der Waals surface area contributed by atoms with Crippen LogP contribution in [-0.2, 0) is 17.8 Å². The standard InChI is InChI=1S/C21H18N2O4/c1-14-2-5-16(6-3-14)18-7-9-21(25)23(22-18)12-17(24)10-15-4-8-19-20(11-15)27-13-26-19/h2-9,11H,10,12-13H2,1H3. The number of nitrogens with zero attached hydrogens (tertiary/aromatic N) is 2. The van der Waals surface area contributed by atoms with Gasteiger partial charge in [-0.2, -0.15) is 5.10 Å². The lowest BCUT2D eigenvalue weighted by atomic mass is 10.1. The summed E-state index contributed by atoms with van der Waals surface area (Å²) in [5, 5.41) is 4.35. The van der Waals surface area contributed by atoms with Crippen LogP contribution in [-0.4, -0.2) is 22.4 Å². The van der Waals surface area contributed by atoms with Gasteiger partial charge in [0.15, 0.2) is 17.3 Å². The SMILES string of the molecule is Cc1ccc(-c2ccc(=O)n(CC(=O)Cc3ccc4c(c3)OCO4)n2)cc1. The van der Waals surface area contributed by atoms with Crippen LogP contribution in [0.1, 0.15) is 11.1 Å². The molecule has 0 bridgehead atoms. The Morgan fingerprint density at radius 1 is 1.04 bits per heavy atom. The number of ether oxygens (including phenoxy) is 2. The van der Waals surface area contributed by atoms with Crippen molar-refractivity contribution in [3.8, 4) is 22.8 Å². The first kappa shape index (κ1) is 17.0. The highest BCUT2D eigenvalue weighted by Gasteiger charge is 2.15. The van der Waals surface area contributed by atoms with Crippen molar-refractivity contribution in [2.45, 2.75) is 19.9 Å². The number of carbonyl (C=O) groups is 1. The van der Waals surface area contributed by atoms with Crippen molar-refractivity contribution in [2.75, 3.05) is 6.79 Å². The van der Waals surface area contributed by atoms with E-state index < -0.39 is 0 Å². The summed E-state index contributed by atoms with van der Waals surface area (Å²) in [5.41, 5.74) is 3.21. The van der Waals surface area contributed by atoms with Crippen molar-refractivity contribution in [1.82, 2.24) is 9.78 Å². The Bertz CT molecular complexity index is 1050. The van der Waals surface area contributed by atoms with E-state index in [0.29, 0.717) is 17.2 Å². The third kappa shape index (κ3) is 3.74. The molecule has 1 aromatic heterocycles. The molecule has 0 saturated heterocycles. The monoisotopic (exact) mass is 362 g/mol. The molecule has 27 heavy (non-hydrogen) atoms. The molecule has 0 radical (unpaired) electrons. The van der Waals surface area contributed by atoms with E-state index in [0.717, 1.165) is 16.7 Å². The number of ketones is 1. The molecule has 2 heterocycles. The molecule has 0 atom stereocenters. The van der Waals surface area contributed by atoms with Gasteiger partial charge in [-0.1, -0.05) is 35.9 Å². The summed E-state index contributed by atoms with van der Waals surface area (Å²) in [6.45, 7) is 2.12. The average Bonchev–Trinajstić information content (AvgIpc) is 3.12. The highest BCUT2D eigenvalue weighted by atomic mass is 16.7. The van der Waals surface area contributed by atoms with E-state index in [1.54, 1.807) is 18.2 Å². The van der Waals surface area contributed by atoms with Gasteiger partial charge in [0.05, 0.1) is 5.69 Å². The molecule has 1 aliphatic rings. The topological polar surface area (TPSA) is 70.4 Å². The van der Waals surface area contributed by atoms with Crippen LogP contribution in [0.25, 0.3) is 11.3 Å². The lowest BCUT2D eigenvalue weighted by Crippen LogP contribution is -2.27. The predicted molar refractivity (Wildman–Crippen MR) is 99.9 cm³/mol. The number of aromatic nitrogens is 2.